The Morgan fingerprint density at radius 1 is 1.05 bits per heavy atom. The summed E-state index contributed by atoms with van der Waals surface area (Å²) in [6.45, 7) is 10.7. The Balaban J connectivity index is 1.11. The summed E-state index contributed by atoms with van der Waals surface area (Å²) >= 11 is 0. The molecule has 1 N–H and O–H groups in total. The van der Waals surface area contributed by atoms with Crippen molar-refractivity contribution >= 4 is 28.8 Å². The largest absolute Gasteiger partial charge is 0.444 e. The minimum absolute atomic E-state index is 0.181. The maximum Gasteiger partial charge on any atom is 0.410 e. The molecule has 39 heavy (non-hydrogen) atoms. The minimum Gasteiger partial charge on any atom is -0.444 e. The van der Waals surface area contributed by atoms with Gasteiger partial charge in [0.05, 0.1) is 17.1 Å². The van der Waals surface area contributed by atoms with Crippen LogP contribution in [0.15, 0.2) is 18.2 Å². The molecule has 3 saturated heterocycles. The number of hydrogen-bond acceptors (Lipinski definition) is 6. The first-order valence-electron chi connectivity index (χ1n) is 14.6. The lowest BCUT2D eigenvalue weighted by Crippen LogP contribution is -2.42. The molecule has 0 bridgehead atoms. The number of piperidine rings is 3. The molecule has 0 spiro atoms. The van der Waals surface area contributed by atoms with E-state index in [1.54, 1.807) is 0 Å². The van der Waals surface area contributed by atoms with E-state index in [1.165, 1.54) is 12.0 Å². The number of amides is 3. The molecule has 3 amide bonds. The molecular formula is C30H43N5O4. The number of imide groups is 1. The summed E-state index contributed by atoms with van der Waals surface area (Å²) in [5, 5.41) is 8.16. The summed E-state index contributed by atoms with van der Waals surface area (Å²) in [5.41, 5.74) is 2.72. The van der Waals surface area contributed by atoms with Crippen LogP contribution in [-0.4, -0.2) is 75.8 Å². The second-order valence-electron chi connectivity index (χ2n) is 12.6. The summed E-state index contributed by atoms with van der Waals surface area (Å²) in [6.07, 6.45) is 6.27. The minimum atomic E-state index is -0.442. The van der Waals surface area contributed by atoms with Gasteiger partial charge in [0.15, 0.2) is 0 Å². The Kier molecular flexibility index (Phi) is 7.99. The van der Waals surface area contributed by atoms with E-state index in [1.807, 2.05) is 37.4 Å². The molecule has 1 unspecified atom stereocenters. The van der Waals surface area contributed by atoms with E-state index in [0.717, 1.165) is 75.0 Å². The first-order chi connectivity index (χ1) is 18.6. The van der Waals surface area contributed by atoms with E-state index in [0.29, 0.717) is 24.7 Å². The zero-order chi connectivity index (χ0) is 27.7. The van der Waals surface area contributed by atoms with Gasteiger partial charge in [0.25, 0.3) is 0 Å². The van der Waals surface area contributed by atoms with Crippen molar-refractivity contribution in [3.63, 3.8) is 0 Å². The highest BCUT2D eigenvalue weighted by atomic mass is 16.6. The first kappa shape index (κ1) is 27.6. The normalized spacial score (nSPS) is 22.4. The van der Waals surface area contributed by atoms with Crippen LogP contribution in [0.2, 0.25) is 0 Å². The van der Waals surface area contributed by atoms with E-state index >= 15 is 0 Å². The Morgan fingerprint density at radius 3 is 2.44 bits per heavy atom. The molecule has 3 aliphatic heterocycles. The maximum absolute atomic E-state index is 12.4. The number of aromatic nitrogens is 2. The standard InChI is InChI=1S/C30H43N5O4/c1-30(2,3)39-29(38)35-17-10-20(11-18-35)9-14-34-15-12-21(13-16-34)22-5-6-23-25(19-22)33(4)32-27(23)24-7-8-26(36)31-28(24)37/h5-6,19-21,24H,7-18H2,1-4H3,(H,31,36,37). The van der Waals surface area contributed by atoms with E-state index in [2.05, 4.69) is 28.4 Å². The van der Waals surface area contributed by atoms with Gasteiger partial charge in [-0.3, -0.25) is 19.6 Å². The fourth-order valence-corrected chi connectivity index (χ4v) is 6.35. The lowest BCUT2D eigenvalue weighted by Gasteiger charge is -2.36. The molecule has 3 aliphatic rings. The third kappa shape index (κ3) is 6.45. The third-order valence-corrected chi connectivity index (χ3v) is 8.65. The number of carbonyl (C=O) groups is 3. The highest BCUT2D eigenvalue weighted by Crippen LogP contribution is 2.34. The van der Waals surface area contributed by atoms with Crippen LogP contribution >= 0.6 is 0 Å². The van der Waals surface area contributed by atoms with E-state index < -0.39 is 5.60 Å². The summed E-state index contributed by atoms with van der Waals surface area (Å²) in [5.74, 6) is 0.388. The molecule has 4 heterocycles. The quantitative estimate of drug-likeness (QED) is 0.571. The van der Waals surface area contributed by atoms with Crippen molar-refractivity contribution in [2.24, 2.45) is 13.0 Å². The Hall–Kier alpha value is -2.94. The van der Waals surface area contributed by atoms with Gasteiger partial charge in [0.2, 0.25) is 11.8 Å². The fourth-order valence-electron chi connectivity index (χ4n) is 6.35. The highest BCUT2D eigenvalue weighted by molar-refractivity contribution is 6.02. The first-order valence-corrected chi connectivity index (χ1v) is 14.6. The van der Waals surface area contributed by atoms with Crippen LogP contribution in [0.3, 0.4) is 0 Å². The molecule has 3 fully saturated rings. The molecule has 1 aromatic carbocycles. The Labute approximate surface area is 231 Å². The second kappa shape index (κ2) is 11.3. The van der Waals surface area contributed by atoms with Gasteiger partial charge in [-0.05, 0) is 102 Å². The molecule has 1 aromatic heterocycles. The van der Waals surface area contributed by atoms with Gasteiger partial charge in [-0.25, -0.2) is 4.79 Å². The number of rotatable bonds is 5. The highest BCUT2D eigenvalue weighted by Gasteiger charge is 2.32. The van der Waals surface area contributed by atoms with Crippen molar-refractivity contribution in [1.82, 2.24) is 24.9 Å². The fraction of sp³-hybridized carbons (Fsp3) is 0.667. The van der Waals surface area contributed by atoms with Gasteiger partial charge in [-0.2, -0.15) is 5.10 Å². The average molecular weight is 538 g/mol. The smallest absolute Gasteiger partial charge is 0.410 e. The number of hydrogen-bond donors (Lipinski definition) is 1. The SMILES string of the molecule is Cn1nc(C2CCC(=O)NC2=O)c2ccc(C3CCN(CCC4CCN(C(=O)OC(C)(C)C)CC4)CC3)cc21. The van der Waals surface area contributed by atoms with Gasteiger partial charge in [0, 0.05) is 31.9 Å². The molecule has 2 aromatic rings. The van der Waals surface area contributed by atoms with Crippen LogP contribution in [-0.2, 0) is 21.4 Å². The van der Waals surface area contributed by atoms with E-state index in [9.17, 15) is 14.4 Å². The molecule has 0 saturated carbocycles. The number of carbonyl (C=O) groups excluding carboxylic acids is 3. The van der Waals surface area contributed by atoms with Crippen molar-refractivity contribution in [3.8, 4) is 0 Å². The van der Waals surface area contributed by atoms with Gasteiger partial charge in [-0.15, -0.1) is 0 Å². The zero-order valence-corrected chi connectivity index (χ0v) is 23.9. The number of benzene rings is 1. The van der Waals surface area contributed by atoms with Gasteiger partial charge < -0.3 is 14.5 Å². The van der Waals surface area contributed by atoms with Gasteiger partial charge in [0.1, 0.15) is 5.60 Å². The lowest BCUT2D eigenvalue weighted by atomic mass is 9.87. The average Bonchev–Trinajstić information content (AvgIpc) is 3.22. The summed E-state index contributed by atoms with van der Waals surface area (Å²) < 4.78 is 7.40. The van der Waals surface area contributed by atoms with Crippen molar-refractivity contribution in [3.05, 3.63) is 29.5 Å². The van der Waals surface area contributed by atoms with Crippen LogP contribution < -0.4 is 5.32 Å². The molecule has 212 valence electrons. The number of fused-ring (bicyclic) bond motifs is 1. The second-order valence-corrected chi connectivity index (χ2v) is 12.6. The molecule has 9 heteroatoms. The molecule has 0 aliphatic carbocycles. The maximum atomic E-state index is 12.4. The van der Waals surface area contributed by atoms with Crippen molar-refractivity contribution < 1.29 is 19.1 Å². The molecule has 0 radical (unpaired) electrons. The number of likely N-dealkylation sites (tertiary alicyclic amines) is 2. The summed E-state index contributed by atoms with van der Waals surface area (Å²) in [6, 6.07) is 6.57. The number of ether oxygens (including phenoxy) is 1. The van der Waals surface area contributed by atoms with Crippen LogP contribution in [0.25, 0.3) is 10.9 Å². The zero-order valence-electron chi connectivity index (χ0n) is 23.9. The predicted molar refractivity (Wildman–Crippen MR) is 149 cm³/mol. The Morgan fingerprint density at radius 2 is 1.77 bits per heavy atom. The molecule has 1 atom stereocenters. The molecular weight excluding hydrogens is 494 g/mol. The third-order valence-electron chi connectivity index (χ3n) is 8.65. The topological polar surface area (TPSA) is 96.8 Å². The number of nitrogens with zero attached hydrogens (tertiary/aromatic N) is 4. The summed E-state index contributed by atoms with van der Waals surface area (Å²) in [7, 11) is 1.93. The van der Waals surface area contributed by atoms with Crippen molar-refractivity contribution in [2.75, 3.05) is 32.7 Å². The van der Waals surface area contributed by atoms with Gasteiger partial charge >= 0.3 is 6.09 Å². The van der Waals surface area contributed by atoms with Crippen LogP contribution in [0.4, 0.5) is 4.79 Å². The van der Waals surface area contributed by atoms with Crippen molar-refractivity contribution in [2.45, 2.75) is 83.2 Å². The monoisotopic (exact) mass is 537 g/mol. The molecule has 9 nitrogen and oxygen atoms in total. The van der Waals surface area contributed by atoms with E-state index in [-0.39, 0.29) is 23.8 Å². The lowest BCUT2D eigenvalue weighted by molar-refractivity contribution is -0.134. The number of nitrogens with one attached hydrogen (secondary N) is 1. The van der Waals surface area contributed by atoms with Crippen LogP contribution in [0, 0.1) is 5.92 Å². The Bertz CT molecular complexity index is 1220. The predicted octanol–water partition coefficient (Wildman–Crippen LogP) is 4.31. The summed E-state index contributed by atoms with van der Waals surface area (Å²) in [4.78, 5) is 40.8. The van der Waals surface area contributed by atoms with Gasteiger partial charge in [-0.1, -0.05) is 12.1 Å². The van der Waals surface area contributed by atoms with E-state index in [4.69, 9.17) is 9.84 Å². The van der Waals surface area contributed by atoms with Crippen LogP contribution in [0.1, 0.15) is 88.8 Å². The van der Waals surface area contributed by atoms with Crippen molar-refractivity contribution in [1.29, 1.82) is 0 Å². The molecule has 5 rings (SSSR count). The van der Waals surface area contributed by atoms with Crippen LogP contribution in [0.5, 0.6) is 0 Å². The number of aryl methyl sites for hydroxylation is 1.